The third-order valence-electron chi connectivity index (χ3n) is 4.44. The fourth-order valence-electron chi connectivity index (χ4n) is 3.09. The Labute approximate surface area is 155 Å². The van der Waals surface area contributed by atoms with Gasteiger partial charge >= 0.3 is 6.18 Å². The molecule has 0 aliphatic carbocycles. The topological polar surface area (TPSA) is 23.6 Å². The highest BCUT2D eigenvalue weighted by Crippen LogP contribution is 2.38. The van der Waals surface area contributed by atoms with Gasteiger partial charge in [0.1, 0.15) is 0 Å². The molecule has 2 aromatic carbocycles. The number of benzene rings is 2. The van der Waals surface area contributed by atoms with Crippen molar-refractivity contribution < 1.29 is 18.0 Å². The van der Waals surface area contributed by atoms with Crippen LogP contribution in [0.3, 0.4) is 0 Å². The summed E-state index contributed by atoms with van der Waals surface area (Å²) in [6.45, 7) is 1.49. The number of amides is 1. The lowest BCUT2D eigenvalue weighted by Crippen LogP contribution is -2.49. The van der Waals surface area contributed by atoms with Crippen LogP contribution in [0.25, 0.3) is 0 Å². The summed E-state index contributed by atoms with van der Waals surface area (Å²) in [7, 11) is 0. The highest BCUT2D eigenvalue weighted by Gasteiger charge is 2.36. The van der Waals surface area contributed by atoms with Gasteiger partial charge in [-0.3, -0.25) is 4.79 Å². The van der Waals surface area contributed by atoms with E-state index in [0.29, 0.717) is 32.6 Å². The molecule has 0 radical (unpaired) electrons. The first kappa shape index (κ1) is 18.6. The molecule has 1 aliphatic heterocycles. The van der Waals surface area contributed by atoms with Crippen LogP contribution in [-0.4, -0.2) is 37.0 Å². The van der Waals surface area contributed by atoms with E-state index in [1.807, 2.05) is 30.3 Å². The first-order valence-electron chi connectivity index (χ1n) is 8.28. The number of rotatable bonds is 3. The fraction of sp³-hybridized carbons (Fsp3) is 0.316. The number of alkyl halides is 3. The molecule has 2 aromatic rings. The number of hydrogen-bond donors (Lipinski definition) is 0. The van der Waals surface area contributed by atoms with Crippen molar-refractivity contribution in [2.75, 3.05) is 31.1 Å². The van der Waals surface area contributed by atoms with Crippen LogP contribution in [0.15, 0.2) is 48.5 Å². The van der Waals surface area contributed by atoms with Crippen LogP contribution in [-0.2, 0) is 17.4 Å². The van der Waals surface area contributed by atoms with Crippen LogP contribution in [0.2, 0.25) is 5.02 Å². The SMILES string of the molecule is O=C(Cc1ccccc1)N1CCN(c2ccc(Cl)cc2C(F)(F)F)CC1. The van der Waals surface area contributed by atoms with Gasteiger partial charge in [-0.2, -0.15) is 13.2 Å². The van der Waals surface area contributed by atoms with Crippen LogP contribution in [0.4, 0.5) is 18.9 Å². The van der Waals surface area contributed by atoms with Gasteiger partial charge in [0.15, 0.2) is 0 Å². The van der Waals surface area contributed by atoms with E-state index in [9.17, 15) is 18.0 Å². The Balaban J connectivity index is 1.67. The summed E-state index contributed by atoms with van der Waals surface area (Å²) in [6, 6.07) is 13.2. The average Bonchev–Trinajstić information content (AvgIpc) is 2.62. The Morgan fingerprint density at radius 2 is 1.65 bits per heavy atom. The molecule has 0 bridgehead atoms. The van der Waals surface area contributed by atoms with Crippen LogP contribution in [0.5, 0.6) is 0 Å². The Kier molecular flexibility index (Phi) is 5.41. The summed E-state index contributed by atoms with van der Waals surface area (Å²) in [5.41, 5.74) is 0.295. The highest BCUT2D eigenvalue weighted by atomic mass is 35.5. The maximum Gasteiger partial charge on any atom is 0.418 e. The Bertz CT molecular complexity index is 772. The molecular formula is C19H18ClF3N2O. The molecule has 1 fully saturated rings. The van der Waals surface area contributed by atoms with Crippen LogP contribution < -0.4 is 4.90 Å². The number of hydrogen-bond acceptors (Lipinski definition) is 2. The normalized spacial score (nSPS) is 15.2. The maximum absolute atomic E-state index is 13.3. The van der Waals surface area contributed by atoms with E-state index >= 15 is 0 Å². The van der Waals surface area contributed by atoms with Gasteiger partial charge in [0.25, 0.3) is 0 Å². The predicted molar refractivity (Wildman–Crippen MR) is 95.4 cm³/mol. The smallest absolute Gasteiger partial charge is 0.367 e. The van der Waals surface area contributed by atoms with Gasteiger partial charge in [0.05, 0.1) is 12.0 Å². The average molecular weight is 383 g/mol. The van der Waals surface area contributed by atoms with Gasteiger partial charge in [0.2, 0.25) is 5.91 Å². The fourth-order valence-corrected chi connectivity index (χ4v) is 3.26. The first-order chi connectivity index (χ1) is 12.3. The van der Waals surface area contributed by atoms with E-state index < -0.39 is 11.7 Å². The van der Waals surface area contributed by atoms with Gasteiger partial charge in [-0.1, -0.05) is 41.9 Å². The molecule has 0 N–H and O–H groups in total. The second-order valence-electron chi connectivity index (χ2n) is 6.19. The molecule has 1 heterocycles. The largest absolute Gasteiger partial charge is 0.418 e. The van der Waals surface area contributed by atoms with Crippen molar-refractivity contribution >= 4 is 23.2 Å². The standard InChI is InChI=1S/C19H18ClF3N2O/c20-15-6-7-17(16(13-15)19(21,22)23)24-8-10-25(11-9-24)18(26)12-14-4-2-1-3-5-14/h1-7,13H,8-12H2. The molecule has 1 saturated heterocycles. The van der Waals surface area contributed by atoms with E-state index in [1.54, 1.807) is 9.80 Å². The first-order valence-corrected chi connectivity index (χ1v) is 8.66. The number of anilines is 1. The van der Waals surface area contributed by atoms with Gasteiger partial charge < -0.3 is 9.80 Å². The quantitative estimate of drug-likeness (QED) is 0.792. The van der Waals surface area contributed by atoms with Crippen LogP contribution >= 0.6 is 11.6 Å². The lowest BCUT2D eigenvalue weighted by Gasteiger charge is -2.37. The molecule has 1 amide bonds. The summed E-state index contributed by atoms with van der Waals surface area (Å²) in [4.78, 5) is 15.8. The summed E-state index contributed by atoms with van der Waals surface area (Å²) in [6.07, 6.45) is -4.17. The molecule has 1 aliphatic rings. The summed E-state index contributed by atoms with van der Waals surface area (Å²) in [5, 5.41) is 0.0535. The van der Waals surface area contributed by atoms with Gasteiger partial charge in [0, 0.05) is 36.9 Å². The molecule has 0 spiro atoms. The monoisotopic (exact) mass is 382 g/mol. The van der Waals surface area contributed by atoms with E-state index in [2.05, 4.69) is 0 Å². The zero-order valence-electron chi connectivity index (χ0n) is 14.0. The number of piperazine rings is 1. The summed E-state index contributed by atoms with van der Waals surface area (Å²) in [5.74, 6) is -0.0111. The Morgan fingerprint density at radius 1 is 1.00 bits per heavy atom. The number of carbonyl (C=O) groups excluding carboxylic acids is 1. The van der Waals surface area contributed by atoms with Crippen molar-refractivity contribution in [2.45, 2.75) is 12.6 Å². The molecule has 3 rings (SSSR count). The maximum atomic E-state index is 13.3. The predicted octanol–water partition coefficient (Wildman–Crippen LogP) is 4.25. The zero-order chi connectivity index (χ0) is 18.7. The molecule has 3 nitrogen and oxygen atoms in total. The number of carbonyl (C=O) groups is 1. The molecule has 7 heteroatoms. The summed E-state index contributed by atoms with van der Waals surface area (Å²) >= 11 is 5.73. The van der Waals surface area contributed by atoms with Crippen molar-refractivity contribution in [3.8, 4) is 0 Å². The molecule has 0 saturated carbocycles. The van der Waals surface area contributed by atoms with E-state index in [1.165, 1.54) is 12.1 Å². The lowest BCUT2D eigenvalue weighted by molar-refractivity contribution is -0.137. The third kappa shape index (κ3) is 4.30. The Hall–Kier alpha value is -2.21. The summed E-state index contributed by atoms with van der Waals surface area (Å²) < 4.78 is 39.8. The molecule has 0 atom stereocenters. The van der Waals surface area contributed by atoms with Crippen LogP contribution in [0, 0.1) is 0 Å². The molecule has 26 heavy (non-hydrogen) atoms. The zero-order valence-corrected chi connectivity index (χ0v) is 14.7. The van der Waals surface area contributed by atoms with Crippen molar-refractivity contribution in [3.05, 3.63) is 64.7 Å². The highest BCUT2D eigenvalue weighted by molar-refractivity contribution is 6.30. The minimum Gasteiger partial charge on any atom is -0.367 e. The van der Waals surface area contributed by atoms with Crippen molar-refractivity contribution in [1.82, 2.24) is 4.90 Å². The van der Waals surface area contributed by atoms with E-state index in [-0.39, 0.29) is 16.6 Å². The minimum atomic E-state index is -4.47. The van der Waals surface area contributed by atoms with Gasteiger partial charge in [-0.25, -0.2) is 0 Å². The van der Waals surface area contributed by atoms with Crippen molar-refractivity contribution in [3.63, 3.8) is 0 Å². The second kappa shape index (κ2) is 7.58. The third-order valence-corrected chi connectivity index (χ3v) is 4.67. The molecule has 0 aromatic heterocycles. The van der Waals surface area contributed by atoms with Crippen molar-refractivity contribution in [2.24, 2.45) is 0 Å². The number of halogens is 4. The van der Waals surface area contributed by atoms with Gasteiger partial charge in [-0.15, -0.1) is 0 Å². The van der Waals surface area contributed by atoms with Gasteiger partial charge in [-0.05, 0) is 23.8 Å². The van der Waals surface area contributed by atoms with Crippen LogP contribution in [0.1, 0.15) is 11.1 Å². The number of nitrogens with zero attached hydrogens (tertiary/aromatic N) is 2. The minimum absolute atomic E-state index is 0.0111. The molecule has 138 valence electrons. The lowest BCUT2D eigenvalue weighted by atomic mass is 10.1. The molecule has 0 unspecified atom stereocenters. The van der Waals surface area contributed by atoms with Crippen molar-refractivity contribution in [1.29, 1.82) is 0 Å². The second-order valence-corrected chi connectivity index (χ2v) is 6.63. The Morgan fingerprint density at radius 3 is 2.27 bits per heavy atom. The van der Waals surface area contributed by atoms with E-state index in [4.69, 9.17) is 11.6 Å². The molecular weight excluding hydrogens is 365 g/mol. The van der Waals surface area contributed by atoms with E-state index in [0.717, 1.165) is 11.6 Å².